The zero-order valence-electron chi connectivity index (χ0n) is 10.7. The van der Waals surface area contributed by atoms with Crippen molar-refractivity contribution < 1.29 is 4.74 Å². The lowest BCUT2D eigenvalue weighted by atomic mass is 10.1. The Morgan fingerprint density at radius 3 is 3.11 bits per heavy atom. The second-order valence-electron chi connectivity index (χ2n) is 4.70. The molecule has 1 aromatic carbocycles. The monoisotopic (exact) mass is 277 g/mol. The first kappa shape index (κ1) is 12.7. The van der Waals surface area contributed by atoms with Gasteiger partial charge in [-0.15, -0.1) is 0 Å². The van der Waals surface area contributed by atoms with Crippen molar-refractivity contribution in [2.24, 2.45) is 0 Å². The molecule has 1 aliphatic heterocycles. The molecule has 0 amide bonds. The van der Waals surface area contributed by atoms with Gasteiger partial charge in [-0.2, -0.15) is 0 Å². The third-order valence-electron chi connectivity index (χ3n) is 3.57. The Morgan fingerprint density at radius 2 is 2.32 bits per heavy atom. The first-order valence-electron chi connectivity index (χ1n) is 6.31. The van der Waals surface area contributed by atoms with Gasteiger partial charge in [0.05, 0.1) is 30.4 Å². The highest BCUT2D eigenvalue weighted by atomic mass is 35.5. The highest BCUT2D eigenvalue weighted by Gasteiger charge is 2.29. The Bertz CT molecular complexity index is 569. The molecule has 0 aliphatic carbocycles. The van der Waals surface area contributed by atoms with Crippen molar-refractivity contribution in [1.29, 1.82) is 0 Å². The standard InChI is InChI=1S/C14H16ClN3O/c1-19-14-8-16-7-13(14)18-9-17-6-12(18)10-3-2-4-11(15)5-10/h2-6,9,13-14,16H,7-8H2,1H3/t13?,14-/m0/s1. The van der Waals surface area contributed by atoms with E-state index in [1.165, 1.54) is 0 Å². The number of ether oxygens (including phenoxy) is 1. The number of hydrogen-bond donors (Lipinski definition) is 1. The summed E-state index contributed by atoms with van der Waals surface area (Å²) in [7, 11) is 1.75. The van der Waals surface area contributed by atoms with Crippen LogP contribution in [0, 0.1) is 0 Å². The van der Waals surface area contributed by atoms with Gasteiger partial charge in [-0.3, -0.25) is 0 Å². The molecular weight excluding hydrogens is 262 g/mol. The molecule has 0 radical (unpaired) electrons. The molecule has 1 N–H and O–H groups in total. The average Bonchev–Trinajstić information content (AvgIpc) is 3.06. The van der Waals surface area contributed by atoms with Gasteiger partial charge in [0.1, 0.15) is 0 Å². The summed E-state index contributed by atoms with van der Waals surface area (Å²) in [6.45, 7) is 1.76. The Morgan fingerprint density at radius 1 is 1.42 bits per heavy atom. The molecule has 2 atom stereocenters. The van der Waals surface area contributed by atoms with E-state index in [-0.39, 0.29) is 12.1 Å². The van der Waals surface area contributed by atoms with E-state index in [2.05, 4.69) is 14.9 Å². The number of nitrogens with zero attached hydrogens (tertiary/aromatic N) is 2. The number of halogens is 1. The minimum atomic E-state index is 0.173. The van der Waals surface area contributed by atoms with Crippen molar-refractivity contribution in [3.8, 4) is 11.3 Å². The summed E-state index contributed by atoms with van der Waals surface area (Å²) in [5.41, 5.74) is 2.14. The molecule has 1 saturated heterocycles. The molecule has 2 heterocycles. The van der Waals surface area contributed by atoms with Crippen LogP contribution in [0.25, 0.3) is 11.3 Å². The van der Waals surface area contributed by atoms with E-state index in [4.69, 9.17) is 16.3 Å². The van der Waals surface area contributed by atoms with Crippen molar-refractivity contribution in [2.75, 3.05) is 20.2 Å². The van der Waals surface area contributed by atoms with E-state index in [0.29, 0.717) is 0 Å². The van der Waals surface area contributed by atoms with Crippen molar-refractivity contribution in [3.05, 3.63) is 41.8 Å². The minimum absolute atomic E-state index is 0.173. The number of imidazole rings is 1. The summed E-state index contributed by atoms with van der Waals surface area (Å²) in [4.78, 5) is 4.28. The zero-order valence-corrected chi connectivity index (χ0v) is 11.5. The number of hydrogen-bond acceptors (Lipinski definition) is 3. The fourth-order valence-electron chi connectivity index (χ4n) is 2.60. The van der Waals surface area contributed by atoms with Crippen LogP contribution in [0.3, 0.4) is 0 Å². The maximum atomic E-state index is 6.06. The molecule has 3 rings (SSSR count). The van der Waals surface area contributed by atoms with E-state index in [0.717, 1.165) is 29.4 Å². The lowest BCUT2D eigenvalue weighted by Crippen LogP contribution is -2.24. The van der Waals surface area contributed by atoms with Crippen LogP contribution >= 0.6 is 11.6 Å². The van der Waals surface area contributed by atoms with Crippen LogP contribution in [0.15, 0.2) is 36.8 Å². The van der Waals surface area contributed by atoms with Gasteiger partial charge in [-0.1, -0.05) is 23.7 Å². The Balaban J connectivity index is 1.98. The fourth-order valence-corrected chi connectivity index (χ4v) is 2.79. The van der Waals surface area contributed by atoms with Crippen LogP contribution in [0.5, 0.6) is 0 Å². The molecule has 1 fully saturated rings. The first-order chi connectivity index (χ1) is 9.29. The molecule has 4 nitrogen and oxygen atoms in total. The van der Waals surface area contributed by atoms with Gasteiger partial charge in [-0.25, -0.2) is 4.98 Å². The van der Waals surface area contributed by atoms with Crippen molar-refractivity contribution in [3.63, 3.8) is 0 Å². The second-order valence-corrected chi connectivity index (χ2v) is 5.13. The van der Waals surface area contributed by atoms with Crippen LogP contribution < -0.4 is 5.32 Å². The van der Waals surface area contributed by atoms with Gasteiger partial charge in [0.2, 0.25) is 0 Å². The van der Waals surface area contributed by atoms with Crippen LogP contribution in [0.2, 0.25) is 5.02 Å². The van der Waals surface area contributed by atoms with E-state index in [1.807, 2.05) is 36.8 Å². The van der Waals surface area contributed by atoms with Crippen molar-refractivity contribution in [1.82, 2.24) is 14.9 Å². The summed E-state index contributed by atoms with van der Waals surface area (Å²) >= 11 is 6.06. The molecule has 0 bridgehead atoms. The Kier molecular flexibility index (Phi) is 3.55. The molecular formula is C14H16ClN3O. The number of nitrogens with one attached hydrogen (secondary N) is 1. The van der Waals surface area contributed by atoms with Crippen LogP contribution in [0.1, 0.15) is 6.04 Å². The predicted molar refractivity (Wildman–Crippen MR) is 75.4 cm³/mol. The largest absolute Gasteiger partial charge is 0.378 e. The highest BCUT2D eigenvalue weighted by molar-refractivity contribution is 6.30. The van der Waals surface area contributed by atoms with Crippen molar-refractivity contribution in [2.45, 2.75) is 12.1 Å². The molecule has 19 heavy (non-hydrogen) atoms. The summed E-state index contributed by atoms with van der Waals surface area (Å²) < 4.78 is 7.69. The molecule has 1 unspecified atom stereocenters. The summed E-state index contributed by atoms with van der Waals surface area (Å²) in [5.74, 6) is 0. The third-order valence-corrected chi connectivity index (χ3v) is 3.81. The third kappa shape index (κ3) is 2.39. The quantitative estimate of drug-likeness (QED) is 0.936. The summed E-state index contributed by atoms with van der Waals surface area (Å²) in [6.07, 6.45) is 3.91. The second kappa shape index (κ2) is 5.33. The summed E-state index contributed by atoms with van der Waals surface area (Å²) in [6, 6.07) is 8.10. The molecule has 1 aromatic heterocycles. The number of rotatable bonds is 3. The first-order valence-corrected chi connectivity index (χ1v) is 6.68. The smallest absolute Gasteiger partial charge is 0.0954 e. The van der Waals surface area contributed by atoms with E-state index in [1.54, 1.807) is 7.11 Å². The van der Waals surface area contributed by atoms with Gasteiger partial charge in [-0.05, 0) is 12.1 Å². The average molecular weight is 278 g/mol. The minimum Gasteiger partial charge on any atom is -0.378 e. The van der Waals surface area contributed by atoms with Crippen LogP contribution in [-0.4, -0.2) is 35.9 Å². The zero-order chi connectivity index (χ0) is 13.2. The van der Waals surface area contributed by atoms with Crippen LogP contribution in [0.4, 0.5) is 0 Å². The lowest BCUT2D eigenvalue weighted by Gasteiger charge is -2.21. The topological polar surface area (TPSA) is 39.1 Å². The SMILES string of the molecule is CO[C@H]1CNCC1n1cncc1-c1cccc(Cl)c1. The maximum Gasteiger partial charge on any atom is 0.0954 e. The van der Waals surface area contributed by atoms with Gasteiger partial charge >= 0.3 is 0 Å². The van der Waals surface area contributed by atoms with Gasteiger partial charge in [0, 0.05) is 30.8 Å². The van der Waals surface area contributed by atoms with E-state index in [9.17, 15) is 0 Å². The lowest BCUT2D eigenvalue weighted by molar-refractivity contribution is 0.0870. The number of benzene rings is 1. The molecule has 100 valence electrons. The Hall–Kier alpha value is -1.36. The van der Waals surface area contributed by atoms with E-state index >= 15 is 0 Å². The molecule has 1 aliphatic rings. The van der Waals surface area contributed by atoms with E-state index < -0.39 is 0 Å². The summed E-state index contributed by atoms with van der Waals surface area (Å²) in [5, 5.41) is 4.09. The predicted octanol–water partition coefficient (Wildman–Crippen LogP) is 2.36. The van der Waals surface area contributed by atoms with Gasteiger partial charge < -0.3 is 14.6 Å². The molecule has 5 heteroatoms. The number of methoxy groups -OCH3 is 1. The molecule has 2 aromatic rings. The van der Waals surface area contributed by atoms with Crippen LogP contribution in [-0.2, 0) is 4.74 Å². The molecule has 0 spiro atoms. The Labute approximate surface area is 117 Å². The molecule has 0 saturated carbocycles. The highest BCUT2D eigenvalue weighted by Crippen LogP contribution is 2.28. The normalized spacial score (nSPS) is 22.8. The number of aromatic nitrogens is 2. The van der Waals surface area contributed by atoms with Gasteiger partial charge in [0.25, 0.3) is 0 Å². The van der Waals surface area contributed by atoms with Gasteiger partial charge in [0.15, 0.2) is 0 Å². The maximum absolute atomic E-state index is 6.06. The fraction of sp³-hybridized carbons (Fsp3) is 0.357. The van der Waals surface area contributed by atoms with Crippen molar-refractivity contribution >= 4 is 11.6 Å².